The van der Waals surface area contributed by atoms with Gasteiger partial charge in [0.15, 0.2) is 0 Å². The number of H-pyrrole nitrogens is 1. The number of carbonyl (C=O) groups is 1. The van der Waals surface area contributed by atoms with Gasteiger partial charge in [-0.3, -0.25) is 4.79 Å². The fourth-order valence-corrected chi connectivity index (χ4v) is 0.945. The Bertz CT molecular complexity index is 320. The van der Waals surface area contributed by atoms with Crippen molar-refractivity contribution in [2.45, 2.75) is 33.1 Å². The molecule has 1 aromatic rings. The first-order chi connectivity index (χ1) is 5.85. The Balaban J connectivity index is 3.15. The lowest BCUT2D eigenvalue weighted by atomic mass is 9.93. The normalized spacial score (nSPS) is 11.7. The number of rotatable bonds is 2. The van der Waals surface area contributed by atoms with Gasteiger partial charge in [-0.2, -0.15) is 0 Å². The van der Waals surface area contributed by atoms with Crippen LogP contribution >= 0.6 is 0 Å². The molecule has 0 fully saturated rings. The zero-order chi connectivity index (χ0) is 10.2. The van der Waals surface area contributed by atoms with E-state index >= 15 is 0 Å². The number of aryl methyl sites for hydroxylation is 2. The zero-order valence-electron chi connectivity index (χ0n) is 8.30. The molecule has 1 aromatic heterocycles. The minimum atomic E-state index is -0.945. The molecule has 0 bridgehead atoms. The van der Waals surface area contributed by atoms with Crippen molar-refractivity contribution in [1.82, 2.24) is 9.97 Å². The number of nitrogens with zero attached hydrogens (tertiary/aromatic N) is 1. The molecule has 72 valence electrons. The third-order valence-corrected chi connectivity index (χ3v) is 2.25. The maximum absolute atomic E-state index is 10.9. The van der Waals surface area contributed by atoms with Crippen molar-refractivity contribution in [1.29, 1.82) is 0 Å². The Labute approximate surface area is 77.0 Å². The summed E-state index contributed by atoms with van der Waals surface area (Å²) in [5.41, 5.74) is 0.826. The molecular weight excluding hydrogens is 168 g/mol. The van der Waals surface area contributed by atoms with Crippen LogP contribution in [0.15, 0.2) is 0 Å². The van der Waals surface area contributed by atoms with Gasteiger partial charge in [-0.1, -0.05) is 0 Å². The van der Waals surface area contributed by atoms with E-state index in [1.165, 1.54) is 0 Å². The summed E-state index contributed by atoms with van der Waals surface area (Å²) in [7, 11) is 0. The first-order valence-corrected chi connectivity index (χ1v) is 4.12. The molecular formula is C9H14N2O2. The average molecular weight is 182 g/mol. The van der Waals surface area contributed by atoms with Crippen LogP contribution in [0, 0.1) is 13.8 Å². The van der Waals surface area contributed by atoms with E-state index in [2.05, 4.69) is 9.97 Å². The quantitative estimate of drug-likeness (QED) is 0.726. The first kappa shape index (κ1) is 9.77. The van der Waals surface area contributed by atoms with E-state index in [0.717, 1.165) is 11.4 Å². The Morgan fingerprint density at radius 1 is 1.46 bits per heavy atom. The zero-order valence-corrected chi connectivity index (χ0v) is 8.30. The predicted octanol–water partition coefficient (Wildman–Crippen LogP) is 1.39. The molecule has 4 nitrogen and oxygen atoms in total. The second-order valence-electron chi connectivity index (χ2n) is 3.73. The number of aliphatic carboxylic acids is 1. The average Bonchev–Trinajstić information content (AvgIpc) is 2.32. The van der Waals surface area contributed by atoms with Gasteiger partial charge in [0.25, 0.3) is 0 Å². The molecule has 0 amide bonds. The van der Waals surface area contributed by atoms with Gasteiger partial charge in [0.2, 0.25) is 0 Å². The van der Waals surface area contributed by atoms with Gasteiger partial charge in [0, 0.05) is 5.69 Å². The number of imidazole rings is 1. The van der Waals surface area contributed by atoms with Crippen molar-refractivity contribution in [2.24, 2.45) is 0 Å². The lowest BCUT2D eigenvalue weighted by Crippen LogP contribution is -2.29. The fraction of sp³-hybridized carbons (Fsp3) is 0.556. The van der Waals surface area contributed by atoms with Gasteiger partial charge in [-0.05, 0) is 27.7 Å². The first-order valence-electron chi connectivity index (χ1n) is 4.12. The van der Waals surface area contributed by atoms with Crippen molar-refractivity contribution >= 4 is 5.97 Å². The summed E-state index contributed by atoms with van der Waals surface area (Å²) in [6.45, 7) is 7.00. The summed E-state index contributed by atoms with van der Waals surface area (Å²) in [6.07, 6.45) is 0. The van der Waals surface area contributed by atoms with Crippen LogP contribution < -0.4 is 0 Å². The van der Waals surface area contributed by atoms with Crippen LogP contribution in [0.1, 0.15) is 31.1 Å². The van der Waals surface area contributed by atoms with Crippen molar-refractivity contribution in [3.05, 3.63) is 17.2 Å². The van der Waals surface area contributed by atoms with Crippen LogP contribution in [0.2, 0.25) is 0 Å². The van der Waals surface area contributed by atoms with Gasteiger partial charge in [0.05, 0.1) is 5.69 Å². The minimum absolute atomic E-state index is 0.509. The van der Waals surface area contributed by atoms with E-state index in [0.29, 0.717) is 5.82 Å². The molecule has 1 heterocycles. The SMILES string of the molecule is Cc1nc(C(C)(C)C(=O)O)[nH]c1C. The van der Waals surface area contributed by atoms with Gasteiger partial charge in [-0.25, -0.2) is 4.98 Å². The van der Waals surface area contributed by atoms with Gasteiger partial charge in [-0.15, -0.1) is 0 Å². The number of nitrogens with one attached hydrogen (secondary N) is 1. The van der Waals surface area contributed by atoms with Crippen LogP contribution in [0.3, 0.4) is 0 Å². The Morgan fingerprint density at radius 2 is 2.00 bits per heavy atom. The highest BCUT2D eigenvalue weighted by Crippen LogP contribution is 2.21. The standard InChI is InChI=1S/C9H14N2O2/c1-5-6(2)11-7(10-5)9(3,4)8(12)13/h1-4H3,(H,10,11)(H,12,13). The van der Waals surface area contributed by atoms with E-state index in [9.17, 15) is 4.79 Å². The molecule has 4 heteroatoms. The predicted molar refractivity (Wildman–Crippen MR) is 48.7 cm³/mol. The summed E-state index contributed by atoms with van der Waals surface area (Å²) in [4.78, 5) is 18.0. The summed E-state index contributed by atoms with van der Waals surface area (Å²) < 4.78 is 0. The molecule has 0 unspecified atom stereocenters. The molecule has 0 spiro atoms. The van der Waals surface area contributed by atoms with E-state index in [1.54, 1.807) is 13.8 Å². The number of carboxylic acid groups (broad SMARTS) is 1. The van der Waals surface area contributed by atoms with E-state index < -0.39 is 11.4 Å². The molecule has 0 aliphatic heterocycles. The number of hydrogen-bond donors (Lipinski definition) is 2. The second-order valence-corrected chi connectivity index (χ2v) is 3.73. The van der Waals surface area contributed by atoms with E-state index in [-0.39, 0.29) is 0 Å². The maximum atomic E-state index is 10.9. The highest BCUT2D eigenvalue weighted by Gasteiger charge is 2.32. The number of hydrogen-bond acceptors (Lipinski definition) is 2. The molecule has 0 aromatic carbocycles. The number of aromatic amines is 1. The highest BCUT2D eigenvalue weighted by molar-refractivity contribution is 5.79. The third kappa shape index (κ3) is 1.56. The largest absolute Gasteiger partial charge is 0.481 e. The minimum Gasteiger partial charge on any atom is -0.481 e. The lowest BCUT2D eigenvalue weighted by Gasteiger charge is -2.15. The monoisotopic (exact) mass is 182 g/mol. The van der Waals surface area contributed by atoms with E-state index in [4.69, 9.17) is 5.11 Å². The maximum Gasteiger partial charge on any atom is 0.316 e. The summed E-state index contributed by atoms with van der Waals surface area (Å²) in [6, 6.07) is 0. The topological polar surface area (TPSA) is 66.0 Å². The van der Waals surface area contributed by atoms with Crippen molar-refractivity contribution < 1.29 is 9.90 Å². The molecule has 13 heavy (non-hydrogen) atoms. The van der Waals surface area contributed by atoms with Crippen LogP contribution in [0.5, 0.6) is 0 Å². The molecule has 0 aliphatic carbocycles. The summed E-state index contributed by atoms with van der Waals surface area (Å²) in [5.74, 6) is -0.365. The summed E-state index contributed by atoms with van der Waals surface area (Å²) in [5, 5.41) is 8.93. The van der Waals surface area contributed by atoms with Crippen molar-refractivity contribution in [3.8, 4) is 0 Å². The van der Waals surface area contributed by atoms with Gasteiger partial charge >= 0.3 is 5.97 Å². The van der Waals surface area contributed by atoms with Crippen LogP contribution in [0.25, 0.3) is 0 Å². The van der Waals surface area contributed by atoms with Crippen LogP contribution in [-0.4, -0.2) is 21.0 Å². The Hall–Kier alpha value is -1.32. The molecule has 2 N–H and O–H groups in total. The Kier molecular flexibility index (Phi) is 2.15. The number of carboxylic acids is 1. The molecule has 0 saturated carbocycles. The van der Waals surface area contributed by atoms with Crippen LogP contribution in [-0.2, 0) is 10.2 Å². The van der Waals surface area contributed by atoms with Gasteiger partial charge in [0.1, 0.15) is 11.2 Å². The number of aromatic nitrogens is 2. The molecule has 0 aliphatic rings. The second kappa shape index (κ2) is 2.87. The van der Waals surface area contributed by atoms with Crippen molar-refractivity contribution in [2.75, 3.05) is 0 Å². The fourth-order valence-electron chi connectivity index (χ4n) is 0.945. The molecule has 0 radical (unpaired) electrons. The smallest absolute Gasteiger partial charge is 0.316 e. The van der Waals surface area contributed by atoms with Crippen LogP contribution in [0.4, 0.5) is 0 Å². The third-order valence-electron chi connectivity index (χ3n) is 2.25. The highest BCUT2D eigenvalue weighted by atomic mass is 16.4. The van der Waals surface area contributed by atoms with E-state index in [1.807, 2.05) is 13.8 Å². The lowest BCUT2D eigenvalue weighted by molar-refractivity contribution is -0.142. The molecule has 0 saturated heterocycles. The Morgan fingerprint density at radius 3 is 2.31 bits per heavy atom. The van der Waals surface area contributed by atoms with Crippen molar-refractivity contribution in [3.63, 3.8) is 0 Å². The van der Waals surface area contributed by atoms with Gasteiger partial charge < -0.3 is 10.1 Å². The summed E-state index contributed by atoms with van der Waals surface area (Å²) >= 11 is 0. The molecule has 0 atom stereocenters. The molecule has 1 rings (SSSR count).